The van der Waals surface area contributed by atoms with Crippen molar-refractivity contribution in [2.75, 3.05) is 5.32 Å². The zero-order chi connectivity index (χ0) is 14.1. The smallest absolute Gasteiger partial charge is 0.258 e. The predicted molar refractivity (Wildman–Crippen MR) is 78.1 cm³/mol. The third kappa shape index (κ3) is 2.18. The summed E-state index contributed by atoms with van der Waals surface area (Å²) in [4.78, 5) is 12.1. The summed E-state index contributed by atoms with van der Waals surface area (Å²) in [5.41, 5.74) is 1.25. The number of H-pyrrole nitrogens is 1. The van der Waals surface area contributed by atoms with Crippen LogP contribution in [0.3, 0.4) is 0 Å². The molecule has 0 spiro atoms. The number of hydrogen-bond donors (Lipinski definition) is 2. The average molecular weight is 334 g/mol. The maximum atomic E-state index is 13.9. The van der Waals surface area contributed by atoms with E-state index in [2.05, 4.69) is 31.4 Å². The number of carbonyl (C=O) groups is 1. The monoisotopic (exact) mass is 333 g/mol. The molecule has 0 unspecified atom stereocenters. The highest BCUT2D eigenvalue weighted by Crippen LogP contribution is 2.23. The van der Waals surface area contributed by atoms with Gasteiger partial charge in [0.15, 0.2) is 0 Å². The fraction of sp³-hybridized carbons (Fsp3) is 0. The van der Waals surface area contributed by atoms with Crippen LogP contribution < -0.4 is 5.32 Å². The standard InChI is InChI=1S/C14H9BrFN3O/c15-10-5-2-4-9(12(10)16)14(20)18-11-6-1-3-8-7-17-19-13(8)11/h1-7H,(H,17,19)(H,18,20). The molecule has 4 nitrogen and oxygen atoms in total. The molecule has 0 saturated carbocycles. The van der Waals surface area contributed by atoms with Crippen molar-refractivity contribution < 1.29 is 9.18 Å². The van der Waals surface area contributed by atoms with E-state index in [4.69, 9.17) is 0 Å². The Morgan fingerprint density at radius 1 is 1.25 bits per heavy atom. The van der Waals surface area contributed by atoms with Crippen LogP contribution in [0.5, 0.6) is 0 Å². The van der Waals surface area contributed by atoms with Crippen LogP contribution in [-0.4, -0.2) is 16.1 Å². The van der Waals surface area contributed by atoms with Gasteiger partial charge in [0.25, 0.3) is 5.91 Å². The van der Waals surface area contributed by atoms with Gasteiger partial charge in [-0.3, -0.25) is 9.89 Å². The molecule has 20 heavy (non-hydrogen) atoms. The van der Waals surface area contributed by atoms with Gasteiger partial charge in [0.2, 0.25) is 0 Å². The summed E-state index contributed by atoms with van der Waals surface area (Å²) in [6.45, 7) is 0. The van der Waals surface area contributed by atoms with E-state index in [-0.39, 0.29) is 10.0 Å². The van der Waals surface area contributed by atoms with Crippen LogP contribution in [0.2, 0.25) is 0 Å². The van der Waals surface area contributed by atoms with Crippen molar-refractivity contribution in [2.45, 2.75) is 0 Å². The Bertz CT molecular complexity index is 800. The second kappa shape index (κ2) is 5.05. The van der Waals surface area contributed by atoms with Gasteiger partial charge in [0.05, 0.1) is 27.4 Å². The van der Waals surface area contributed by atoms with Crippen molar-refractivity contribution in [3.05, 3.63) is 58.4 Å². The van der Waals surface area contributed by atoms with Gasteiger partial charge in [-0.15, -0.1) is 0 Å². The van der Waals surface area contributed by atoms with Crippen LogP contribution in [0.4, 0.5) is 10.1 Å². The zero-order valence-corrected chi connectivity index (χ0v) is 11.7. The number of nitrogens with zero attached hydrogens (tertiary/aromatic N) is 1. The van der Waals surface area contributed by atoms with Gasteiger partial charge in [-0.05, 0) is 34.1 Å². The van der Waals surface area contributed by atoms with E-state index >= 15 is 0 Å². The number of aromatic amines is 1. The van der Waals surface area contributed by atoms with E-state index in [1.807, 2.05) is 6.07 Å². The van der Waals surface area contributed by atoms with Crippen LogP contribution >= 0.6 is 15.9 Å². The molecule has 0 bridgehead atoms. The number of anilines is 1. The largest absolute Gasteiger partial charge is 0.320 e. The van der Waals surface area contributed by atoms with Crippen LogP contribution in [-0.2, 0) is 0 Å². The lowest BCUT2D eigenvalue weighted by Crippen LogP contribution is -2.14. The molecule has 0 saturated heterocycles. The Kier molecular flexibility index (Phi) is 3.23. The molecule has 1 heterocycles. The van der Waals surface area contributed by atoms with Gasteiger partial charge in [-0.25, -0.2) is 4.39 Å². The van der Waals surface area contributed by atoms with E-state index in [0.717, 1.165) is 5.39 Å². The van der Waals surface area contributed by atoms with E-state index in [1.54, 1.807) is 30.5 Å². The molecule has 6 heteroatoms. The first kappa shape index (κ1) is 12.8. The Hall–Kier alpha value is -2.21. The molecule has 0 radical (unpaired) electrons. The minimum Gasteiger partial charge on any atom is -0.320 e. The summed E-state index contributed by atoms with van der Waals surface area (Å²) < 4.78 is 14.1. The fourth-order valence-electron chi connectivity index (χ4n) is 1.94. The predicted octanol–water partition coefficient (Wildman–Crippen LogP) is 3.72. The van der Waals surface area contributed by atoms with E-state index in [0.29, 0.717) is 11.2 Å². The molecule has 0 atom stereocenters. The Morgan fingerprint density at radius 3 is 2.90 bits per heavy atom. The molecule has 0 aliphatic heterocycles. The van der Waals surface area contributed by atoms with Crippen molar-refractivity contribution in [3.8, 4) is 0 Å². The molecular weight excluding hydrogens is 325 g/mol. The molecule has 2 aromatic carbocycles. The van der Waals surface area contributed by atoms with Gasteiger partial charge in [-0.2, -0.15) is 5.10 Å². The minimum absolute atomic E-state index is 0.0177. The summed E-state index contributed by atoms with van der Waals surface area (Å²) in [5.74, 6) is -1.09. The number of nitrogens with one attached hydrogen (secondary N) is 2. The molecule has 0 aliphatic carbocycles. The highest BCUT2D eigenvalue weighted by molar-refractivity contribution is 9.10. The average Bonchev–Trinajstić information content (AvgIpc) is 2.91. The number of rotatable bonds is 2. The zero-order valence-electron chi connectivity index (χ0n) is 10.2. The van der Waals surface area contributed by atoms with Crippen molar-refractivity contribution in [1.29, 1.82) is 0 Å². The number of carbonyl (C=O) groups excluding carboxylic acids is 1. The normalized spacial score (nSPS) is 10.7. The molecule has 1 amide bonds. The summed E-state index contributed by atoms with van der Waals surface area (Å²) in [7, 11) is 0. The van der Waals surface area contributed by atoms with Gasteiger partial charge in [-0.1, -0.05) is 18.2 Å². The maximum Gasteiger partial charge on any atom is 0.258 e. The molecular formula is C14H9BrFN3O. The Balaban J connectivity index is 1.97. The second-order valence-electron chi connectivity index (χ2n) is 4.20. The molecule has 0 fully saturated rings. The number of hydrogen-bond acceptors (Lipinski definition) is 2. The van der Waals surface area contributed by atoms with Gasteiger partial charge < -0.3 is 5.32 Å². The summed E-state index contributed by atoms with van der Waals surface area (Å²) in [6.07, 6.45) is 1.66. The highest BCUT2D eigenvalue weighted by atomic mass is 79.9. The van der Waals surface area contributed by atoms with Gasteiger partial charge in [0.1, 0.15) is 5.82 Å². The molecule has 3 rings (SSSR count). The number of halogens is 2. The summed E-state index contributed by atoms with van der Waals surface area (Å²) in [5, 5.41) is 10.3. The fourth-order valence-corrected chi connectivity index (χ4v) is 2.31. The van der Waals surface area contributed by atoms with E-state index < -0.39 is 11.7 Å². The quantitative estimate of drug-likeness (QED) is 0.750. The second-order valence-corrected chi connectivity index (χ2v) is 5.05. The minimum atomic E-state index is -0.582. The molecule has 100 valence electrons. The van der Waals surface area contributed by atoms with Crippen molar-refractivity contribution in [1.82, 2.24) is 10.2 Å². The third-order valence-corrected chi connectivity index (χ3v) is 3.53. The number of para-hydroxylation sites is 1. The first-order chi connectivity index (χ1) is 9.66. The number of fused-ring (bicyclic) bond motifs is 1. The summed E-state index contributed by atoms with van der Waals surface area (Å²) in [6, 6.07) is 9.98. The first-order valence-corrected chi connectivity index (χ1v) is 6.63. The number of amides is 1. The van der Waals surface area contributed by atoms with Crippen LogP contribution in [0.1, 0.15) is 10.4 Å². The van der Waals surface area contributed by atoms with Crippen LogP contribution in [0.15, 0.2) is 47.1 Å². The Morgan fingerprint density at radius 2 is 2.05 bits per heavy atom. The van der Waals surface area contributed by atoms with Crippen molar-refractivity contribution in [2.24, 2.45) is 0 Å². The molecule has 1 aromatic heterocycles. The molecule has 0 aliphatic rings. The van der Waals surface area contributed by atoms with Gasteiger partial charge in [0, 0.05) is 5.39 Å². The SMILES string of the molecule is O=C(Nc1cccc2cn[nH]c12)c1cccc(Br)c1F. The topological polar surface area (TPSA) is 57.8 Å². The van der Waals surface area contributed by atoms with Crippen LogP contribution in [0, 0.1) is 5.82 Å². The number of aromatic nitrogens is 2. The van der Waals surface area contributed by atoms with E-state index in [1.165, 1.54) is 6.07 Å². The Labute approximate surface area is 122 Å². The van der Waals surface area contributed by atoms with Gasteiger partial charge >= 0.3 is 0 Å². The highest BCUT2D eigenvalue weighted by Gasteiger charge is 2.15. The number of benzene rings is 2. The van der Waals surface area contributed by atoms with Crippen LogP contribution in [0.25, 0.3) is 10.9 Å². The molecule has 2 N–H and O–H groups in total. The van der Waals surface area contributed by atoms with Crippen molar-refractivity contribution >= 4 is 38.4 Å². The maximum absolute atomic E-state index is 13.9. The van der Waals surface area contributed by atoms with Crippen molar-refractivity contribution in [3.63, 3.8) is 0 Å². The molecule has 3 aromatic rings. The summed E-state index contributed by atoms with van der Waals surface area (Å²) >= 11 is 3.06. The third-order valence-electron chi connectivity index (χ3n) is 2.92. The first-order valence-electron chi connectivity index (χ1n) is 5.84. The lowest BCUT2D eigenvalue weighted by molar-refractivity contribution is 0.102. The lowest BCUT2D eigenvalue weighted by Gasteiger charge is -2.07. The van der Waals surface area contributed by atoms with E-state index in [9.17, 15) is 9.18 Å². The lowest BCUT2D eigenvalue weighted by atomic mass is 10.2.